The number of carbonyl (C=O) groups is 2. The molecule has 0 bridgehead atoms. The molecule has 116 valence electrons. The van der Waals surface area contributed by atoms with Crippen molar-refractivity contribution in [2.75, 3.05) is 14.2 Å². The summed E-state index contributed by atoms with van der Waals surface area (Å²) in [7, 11) is 3.05. The van der Waals surface area contributed by atoms with E-state index in [2.05, 4.69) is 5.32 Å². The van der Waals surface area contributed by atoms with Gasteiger partial charge in [-0.05, 0) is 12.0 Å². The summed E-state index contributed by atoms with van der Waals surface area (Å²) in [4.78, 5) is 23.1. The Morgan fingerprint density at radius 1 is 1.24 bits per heavy atom. The number of aliphatic carboxylic acids is 1. The van der Waals surface area contributed by atoms with Crippen molar-refractivity contribution in [1.29, 1.82) is 0 Å². The van der Waals surface area contributed by atoms with Crippen LogP contribution in [0.25, 0.3) is 0 Å². The zero-order valence-electron chi connectivity index (χ0n) is 12.7. The number of carboxylic acids is 1. The van der Waals surface area contributed by atoms with Crippen LogP contribution >= 0.6 is 0 Å². The molecule has 1 atom stereocenters. The van der Waals surface area contributed by atoms with E-state index in [1.165, 1.54) is 7.11 Å². The number of amides is 1. The second kappa shape index (κ2) is 7.52. The lowest BCUT2D eigenvalue weighted by atomic mass is 10.0. The summed E-state index contributed by atoms with van der Waals surface area (Å²) >= 11 is 0. The molecule has 2 N–H and O–H groups in total. The fourth-order valence-corrected chi connectivity index (χ4v) is 1.91. The first kappa shape index (κ1) is 16.8. The standard InChI is InChI=1S/C15H21NO5/c1-9(2)14(15(18)19)16-13(17)7-10-5-6-11(20-3)8-12(10)21-4/h5-6,8-9,14H,7H2,1-4H3,(H,16,17)(H,18,19). The van der Waals surface area contributed by atoms with Crippen molar-refractivity contribution in [2.45, 2.75) is 26.3 Å². The van der Waals surface area contributed by atoms with Gasteiger partial charge in [-0.2, -0.15) is 0 Å². The minimum absolute atomic E-state index is 0.0453. The van der Waals surface area contributed by atoms with Crippen LogP contribution in [0.5, 0.6) is 11.5 Å². The highest BCUT2D eigenvalue weighted by Crippen LogP contribution is 2.24. The number of hydrogen-bond acceptors (Lipinski definition) is 4. The third-order valence-electron chi connectivity index (χ3n) is 3.09. The van der Waals surface area contributed by atoms with Gasteiger partial charge in [0.2, 0.25) is 5.91 Å². The van der Waals surface area contributed by atoms with Crippen LogP contribution in [0.2, 0.25) is 0 Å². The molecule has 1 aromatic carbocycles. The van der Waals surface area contributed by atoms with Gasteiger partial charge in [0, 0.05) is 11.6 Å². The average molecular weight is 295 g/mol. The Morgan fingerprint density at radius 2 is 1.90 bits per heavy atom. The maximum atomic E-state index is 12.0. The molecule has 1 aromatic rings. The van der Waals surface area contributed by atoms with E-state index in [9.17, 15) is 9.59 Å². The first-order valence-corrected chi connectivity index (χ1v) is 6.62. The van der Waals surface area contributed by atoms with Crippen LogP contribution in [0.3, 0.4) is 0 Å². The van der Waals surface area contributed by atoms with Crippen LogP contribution in [0.4, 0.5) is 0 Å². The van der Waals surface area contributed by atoms with Crippen molar-refractivity contribution in [3.05, 3.63) is 23.8 Å². The minimum atomic E-state index is -1.04. The maximum absolute atomic E-state index is 12.0. The molecule has 0 fully saturated rings. The summed E-state index contributed by atoms with van der Waals surface area (Å²) in [6, 6.07) is 4.23. The van der Waals surface area contributed by atoms with Gasteiger partial charge < -0.3 is 19.9 Å². The topological polar surface area (TPSA) is 84.9 Å². The molecule has 0 spiro atoms. The number of hydrogen-bond donors (Lipinski definition) is 2. The molecule has 0 aliphatic rings. The van der Waals surface area contributed by atoms with Gasteiger partial charge in [0.1, 0.15) is 17.5 Å². The Hall–Kier alpha value is -2.24. The van der Waals surface area contributed by atoms with Crippen molar-refractivity contribution in [2.24, 2.45) is 5.92 Å². The van der Waals surface area contributed by atoms with Crippen molar-refractivity contribution in [1.82, 2.24) is 5.32 Å². The van der Waals surface area contributed by atoms with Crippen molar-refractivity contribution in [3.8, 4) is 11.5 Å². The molecule has 0 radical (unpaired) electrons. The first-order chi connectivity index (χ1) is 9.88. The van der Waals surface area contributed by atoms with Crippen molar-refractivity contribution in [3.63, 3.8) is 0 Å². The van der Waals surface area contributed by atoms with E-state index in [1.54, 1.807) is 39.2 Å². The normalized spacial score (nSPS) is 11.9. The third-order valence-corrected chi connectivity index (χ3v) is 3.09. The lowest BCUT2D eigenvalue weighted by Gasteiger charge is -2.18. The Bertz CT molecular complexity index is 513. The monoisotopic (exact) mass is 295 g/mol. The van der Waals surface area contributed by atoms with Gasteiger partial charge in [-0.15, -0.1) is 0 Å². The zero-order valence-corrected chi connectivity index (χ0v) is 12.7. The second-order valence-corrected chi connectivity index (χ2v) is 4.98. The molecular formula is C15H21NO5. The molecule has 6 nitrogen and oxygen atoms in total. The summed E-state index contributed by atoms with van der Waals surface area (Å²) in [5.74, 6) is -0.439. The van der Waals surface area contributed by atoms with Gasteiger partial charge in [0.25, 0.3) is 0 Å². The summed E-state index contributed by atoms with van der Waals surface area (Å²) in [5.41, 5.74) is 0.670. The van der Waals surface area contributed by atoms with E-state index in [1.807, 2.05) is 0 Å². The van der Waals surface area contributed by atoms with Crippen LogP contribution in [0.15, 0.2) is 18.2 Å². The molecule has 0 heterocycles. The number of ether oxygens (including phenoxy) is 2. The summed E-state index contributed by atoms with van der Waals surface area (Å²) in [6.07, 6.45) is 0.0453. The van der Waals surface area contributed by atoms with Crippen LogP contribution in [0.1, 0.15) is 19.4 Å². The van der Waals surface area contributed by atoms with E-state index in [0.717, 1.165) is 0 Å². The SMILES string of the molecule is COc1ccc(CC(=O)NC(C(=O)O)C(C)C)c(OC)c1. The Kier molecular flexibility index (Phi) is 6.02. The van der Waals surface area contributed by atoms with E-state index < -0.39 is 12.0 Å². The molecule has 1 unspecified atom stereocenters. The van der Waals surface area contributed by atoms with Crippen molar-refractivity contribution < 1.29 is 24.2 Å². The predicted octanol–water partition coefficient (Wildman–Crippen LogP) is 1.47. The van der Waals surface area contributed by atoms with Crippen LogP contribution in [0, 0.1) is 5.92 Å². The number of carboxylic acid groups (broad SMARTS) is 1. The second-order valence-electron chi connectivity index (χ2n) is 4.98. The number of carbonyl (C=O) groups excluding carboxylic acids is 1. The highest BCUT2D eigenvalue weighted by molar-refractivity contribution is 5.85. The molecule has 0 aliphatic carbocycles. The molecule has 6 heteroatoms. The van der Waals surface area contributed by atoms with E-state index >= 15 is 0 Å². The summed E-state index contributed by atoms with van der Waals surface area (Å²) < 4.78 is 10.3. The molecule has 0 aliphatic heterocycles. The van der Waals surface area contributed by atoms with Gasteiger partial charge in [-0.3, -0.25) is 4.79 Å². The number of rotatable bonds is 7. The maximum Gasteiger partial charge on any atom is 0.326 e. The fourth-order valence-electron chi connectivity index (χ4n) is 1.91. The Labute approximate surface area is 124 Å². The summed E-state index contributed by atoms with van der Waals surface area (Å²) in [5, 5.41) is 11.6. The van der Waals surface area contributed by atoms with Gasteiger partial charge in [-0.25, -0.2) is 4.79 Å². The minimum Gasteiger partial charge on any atom is -0.497 e. The van der Waals surface area contributed by atoms with Crippen LogP contribution in [-0.4, -0.2) is 37.2 Å². The van der Waals surface area contributed by atoms with E-state index in [4.69, 9.17) is 14.6 Å². The zero-order chi connectivity index (χ0) is 16.0. The molecule has 0 saturated heterocycles. The molecular weight excluding hydrogens is 274 g/mol. The molecule has 1 rings (SSSR count). The molecule has 0 saturated carbocycles. The quantitative estimate of drug-likeness (QED) is 0.795. The lowest BCUT2D eigenvalue weighted by molar-refractivity contribution is -0.143. The van der Waals surface area contributed by atoms with E-state index in [0.29, 0.717) is 17.1 Å². The van der Waals surface area contributed by atoms with Gasteiger partial charge >= 0.3 is 5.97 Å². The van der Waals surface area contributed by atoms with Crippen LogP contribution in [-0.2, 0) is 16.0 Å². The molecule has 0 aromatic heterocycles. The van der Waals surface area contributed by atoms with Crippen molar-refractivity contribution >= 4 is 11.9 Å². The molecule has 21 heavy (non-hydrogen) atoms. The largest absolute Gasteiger partial charge is 0.497 e. The summed E-state index contributed by atoms with van der Waals surface area (Å²) in [6.45, 7) is 3.49. The van der Waals surface area contributed by atoms with Gasteiger partial charge in [0.05, 0.1) is 20.6 Å². The molecule has 1 amide bonds. The number of methoxy groups -OCH3 is 2. The van der Waals surface area contributed by atoms with E-state index in [-0.39, 0.29) is 18.2 Å². The van der Waals surface area contributed by atoms with Gasteiger partial charge in [0.15, 0.2) is 0 Å². The predicted molar refractivity (Wildman–Crippen MR) is 77.7 cm³/mol. The third kappa shape index (κ3) is 4.66. The number of nitrogens with one attached hydrogen (secondary N) is 1. The smallest absolute Gasteiger partial charge is 0.326 e. The average Bonchev–Trinajstić information content (AvgIpc) is 2.44. The highest BCUT2D eigenvalue weighted by Gasteiger charge is 2.23. The first-order valence-electron chi connectivity index (χ1n) is 6.62. The lowest BCUT2D eigenvalue weighted by Crippen LogP contribution is -2.44. The fraction of sp³-hybridized carbons (Fsp3) is 0.467. The van der Waals surface area contributed by atoms with Gasteiger partial charge in [-0.1, -0.05) is 19.9 Å². The Morgan fingerprint density at radius 3 is 2.38 bits per heavy atom. The number of benzene rings is 1. The highest BCUT2D eigenvalue weighted by atomic mass is 16.5. The Balaban J connectivity index is 2.81. The van der Waals surface area contributed by atoms with Crippen LogP contribution < -0.4 is 14.8 Å².